The maximum atomic E-state index is 11.1. The second-order valence-electron chi connectivity index (χ2n) is 3.99. The lowest BCUT2D eigenvalue weighted by Crippen LogP contribution is -2.13. The van der Waals surface area contributed by atoms with Crippen molar-refractivity contribution in [3.8, 4) is 5.75 Å². The van der Waals surface area contributed by atoms with Crippen LogP contribution in [0.15, 0.2) is 30.4 Å². The highest BCUT2D eigenvalue weighted by Crippen LogP contribution is 2.21. The molecule has 0 heterocycles. The third kappa shape index (κ3) is 3.94. The van der Waals surface area contributed by atoms with E-state index in [-0.39, 0.29) is 12.6 Å². The van der Waals surface area contributed by atoms with Crippen LogP contribution in [0.1, 0.15) is 18.1 Å². The van der Waals surface area contributed by atoms with Crippen LogP contribution in [0.4, 0.5) is 0 Å². The van der Waals surface area contributed by atoms with Crippen LogP contribution in [-0.2, 0) is 9.53 Å². The van der Waals surface area contributed by atoms with Gasteiger partial charge in [0.25, 0.3) is 0 Å². The minimum absolute atomic E-state index is 0.236. The molecule has 0 saturated heterocycles. The summed E-state index contributed by atoms with van der Waals surface area (Å²) in [6.07, 6.45) is 0. The third-order valence-electron chi connectivity index (χ3n) is 2.32. The molecule has 0 radical (unpaired) electrons. The van der Waals surface area contributed by atoms with Crippen molar-refractivity contribution in [3.05, 3.63) is 41.5 Å². The fourth-order valence-electron chi connectivity index (χ4n) is 1.43. The van der Waals surface area contributed by atoms with Crippen molar-refractivity contribution < 1.29 is 14.3 Å². The maximum Gasteiger partial charge on any atom is 0.333 e. The van der Waals surface area contributed by atoms with Gasteiger partial charge in [-0.2, -0.15) is 0 Å². The van der Waals surface area contributed by atoms with Crippen LogP contribution in [-0.4, -0.2) is 19.2 Å². The molecule has 92 valence electrons. The lowest BCUT2D eigenvalue weighted by atomic mass is 10.1. The molecule has 17 heavy (non-hydrogen) atoms. The van der Waals surface area contributed by atoms with E-state index in [0.29, 0.717) is 12.2 Å². The minimum atomic E-state index is -0.380. The summed E-state index contributed by atoms with van der Waals surface area (Å²) in [4.78, 5) is 11.1. The van der Waals surface area contributed by atoms with Gasteiger partial charge in [-0.1, -0.05) is 24.8 Å². The highest BCUT2D eigenvalue weighted by atomic mass is 16.6. The predicted molar refractivity (Wildman–Crippen MR) is 67.2 cm³/mol. The second-order valence-corrected chi connectivity index (χ2v) is 3.99. The van der Waals surface area contributed by atoms with Gasteiger partial charge in [0, 0.05) is 5.57 Å². The fraction of sp³-hybridized carbons (Fsp3) is 0.357. The zero-order chi connectivity index (χ0) is 12.8. The number of hydrogen-bond acceptors (Lipinski definition) is 3. The number of esters is 1. The Hall–Kier alpha value is -1.77. The Kier molecular flexibility index (Phi) is 4.76. The summed E-state index contributed by atoms with van der Waals surface area (Å²) < 4.78 is 10.5. The van der Waals surface area contributed by atoms with Crippen molar-refractivity contribution >= 4 is 5.97 Å². The Morgan fingerprint density at radius 2 is 1.82 bits per heavy atom. The van der Waals surface area contributed by atoms with Crippen molar-refractivity contribution in [2.75, 3.05) is 13.2 Å². The molecule has 0 bridgehead atoms. The maximum absolute atomic E-state index is 11.1. The van der Waals surface area contributed by atoms with E-state index >= 15 is 0 Å². The summed E-state index contributed by atoms with van der Waals surface area (Å²) in [5.74, 6) is 0.481. The highest BCUT2D eigenvalue weighted by Gasteiger charge is 2.05. The SMILES string of the molecule is C=C(C)C(=O)OCCOc1c(C)cccc1C. The topological polar surface area (TPSA) is 35.5 Å². The van der Waals surface area contributed by atoms with E-state index < -0.39 is 0 Å². The average Bonchev–Trinajstić information content (AvgIpc) is 2.27. The Balaban J connectivity index is 2.41. The summed E-state index contributed by atoms with van der Waals surface area (Å²) in [6.45, 7) is 9.69. The average molecular weight is 234 g/mol. The normalized spacial score (nSPS) is 9.82. The van der Waals surface area contributed by atoms with Crippen LogP contribution in [0.3, 0.4) is 0 Å². The molecule has 1 aromatic carbocycles. The van der Waals surface area contributed by atoms with E-state index in [9.17, 15) is 4.79 Å². The van der Waals surface area contributed by atoms with E-state index in [4.69, 9.17) is 9.47 Å². The number of benzene rings is 1. The predicted octanol–water partition coefficient (Wildman–Crippen LogP) is 2.80. The molecule has 3 heteroatoms. The van der Waals surface area contributed by atoms with Crippen LogP contribution in [0.2, 0.25) is 0 Å². The molecule has 0 aliphatic carbocycles. The van der Waals surface area contributed by atoms with Gasteiger partial charge in [-0.15, -0.1) is 0 Å². The molecule has 0 aromatic heterocycles. The standard InChI is InChI=1S/C14H18O3/c1-10(2)14(15)17-9-8-16-13-11(3)6-5-7-12(13)4/h5-7H,1,8-9H2,2-4H3. The van der Waals surface area contributed by atoms with E-state index in [1.54, 1.807) is 6.92 Å². The number of carbonyl (C=O) groups is 1. The van der Waals surface area contributed by atoms with Gasteiger partial charge in [0.1, 0.15) is 19.0 Å². The van der Waals surface area contributed by atoms with Gasteiger partial charge in [0.05, 0.1) is 0 Å². The first-order valence-corrected chi connectivity index (χ1v) is 5.54. The summed E-state index contributed by atoms with van der Waals surface area (Å²) in [6, 6.07) is 5.96. The lowest BCUT2D eigenvalue weighted by molar-refractivity contribution is -0.139. The third-order valence-corrected chi connectivity index (χ3v) is 2.32. The molecule has 1 aromatic rings. The van der Waals surface area contributed by atoms with Crippen LogP contribution in [0.25, 0.3) is 0 Å². The van der Waals surface area contributed by atoms with Crippen LogP contribution >= 0.6 is 0 Å². The molecule has 3 nitrogen and oxygen atoms in total. The smallest absolute Gasteiger partial charge is 0.333 e. The van der Waals surface area contributed by atoms with E-state index in [1.165, 1.54) is 0 Å². The summed E-state index contributed by atoms with van der Waals surface area (Å²) >= 11 is 0. The van der Waals surface area contributed by atoms with Gasteiger partial charge in [-0.25, -0.2) is 4.79 Å². The molecule has 0 spiro atoms. The van der Waals surface area contributed by atoms with Crippen molar-refractivity contribution in [2.24, 2.45) is 0 Å². The number of ether oxygens (including phenoxy) is 2. The minimum Gasteiger partial charge on any atom is -0.489 e. The first-order chi connectivity index (χ1) is 8.02. The number of para-hydroxylation sites is 1. The first kappa shape index (κ1) is 13.3. The zero-order valence-corrected chi connectivity index (χ0v) is 10.6. The molecule has 0 N–H and O–H groups in total. The molecule has 0 saturated carbocycles. The lowest BCUT2D eigenvalue weighted by Gasteiger charge is -2.11. The molecule has 0 fully saturated rings. The summed E-state index contributed by atoms with van der Waals surface area (Å²) in [5.41, 5.74) is 2.56. The Labute approximate surface area is 102 Å². The molecule has 0 aliphatic rings. The fourth-order valence-corrected chi connectivity index (χ4v) is 1.43. The Morgan fingerprint density at radius 3 is 2.35 bits per heavy atom. The second kappa shape index (κ2) is 6.09. The Morgan fingerprint density at radius 1 is 1.24 bits per heavy atom. The summed E-state index contributed by atoms with van der Waals surface area (Å²) in [7, 11) is 0. The Bertz CT molecular complexity index is 401. The van der Waals surface area contributed by atoms with Crippen molar-refractivity contribution in [1.29, 1.82) is 0 Å². The van der Waals surface area contributed by atoms with Gasteiger partial charge >= 0.3 is 5.97 Å². The molecule has 0 amide bonds. The highest BCUT2D eigenvalue weighted by molar-refractivity contribution is 5.86. The van der Waals surface area contributed by atoms with Crippen molar-refractivity contribution in [2.45, 2.75) is 20.8 Å². The molecule has 1 rings (SSSR count). The van der Waals surface area contributed by atoms with Gasteiger partial charge in [0.2, 0.25) is 0 Å². The largest absolute Gasteiger partial charge is 0.489 e. The number of aryl methyl sites for hydroxylation is 2. The first-order valence-electron chi connectivity index (χ1n) is 5.54. The molecule has 0 unspecified atom stereocenters. The van der Waals surface area contributed by atoms with Gasteiger partial charge in [0.15, 0.2) is 0 Å². The van der Waals surface area contributed by atoms with Crippen LogP contribution in [0.5, 0.6) is 5.75 Å². The molecule has 0 aliphatic heterocycles. The van der Waals surface area contributed by atoms with E-state index in [2.05, 4.69) is 6.58 Å². The van der Waals surface area contributed by atoms with Gasteiger partial charge in [-0.3, -0.25) is 0 Å². The van der Waals surface area contributed by atoms with E-state index in [1.807, 2.05) is 32.0 Å². The van der Waals surface area contributed by atoms with Crippen molar-refractivity contribution in [3.63, 3.8) is 0 Å². The number of carbonyl (C=O) groups excluding carboxylic acids is 1. The van der Waals surface area contributed by atoms with Crippen LogP contribution in [0, 0.1) is 13.8 Å². The van der Waals surface area contributed by atoms with Gasteiger partial charge in [-0.05, 0) is 31.9 Å². The number of hydrogen-bond donors (Lipinski definition) is 0. The quantitative estimate of drug-likeness (QED) is 0.446. The monoisotopic (exact) mass is 234 g/mol. The van der Waals surface area contributed by atoms with Crippen LogP contribution < -0.4 is 4.74 Å². The molecule has 0 atom stereocenters. The molecular formula is C14H18O3. The number of rotatable bonds is 5. The zero-order valence-electron chi connectivity index (χ0n) is 10.6. The van der Waals surface area contributed by atoms with Crippen molar-refractivity contribution in [1.82, 2.24) is 0 Å². The van der Waals surface area contributed by atoms with Gasteiger partial charge < -0.3 is 9.47 Å². The molecular weight excluding hydrogens is 216 g/mol. The summed E-state index contributed by atoms with van der Waals surface area (Å²) in [5, 5.41) is 0. The van der Waals surface area contributed by atoms with E-state index in [0.717, 1.165) is 16.9 Å².